The molecule has 0 saturated heterocycles. The van der Waals surface area contributed by atoms with Crippen molar-refractivity contribution in [3.63, 3.8) is 0 Å². The van der Waals surface area contributed by atoms with E-state index in [-0.39, 0.29) is 0 Å². The van der Waals surface area contributed by atoms with Gasteiger partial charge in [0.15, 0.2) is 0 Å². The van der Waals surface area contributed by atoms with Crippen molar-refractivity contribution in [1.29, 1.82) is 0 Å². The molecule has 0 bridgehead atoms. The van der Waals surface area contributed by atoms with Crippen molar-refractivity contribution in [3.05, 3.63) is 22.4 Å². The van der Waals surface area contributed by atoms with E-state index in [9.17, 15) is 0 Å². The minimum absolute atomic E-state index is 0.879. The van der Waals surface area contributed by atoms with Crippen molar-refractivity contribution < 1.29 is 0 Å². The van der Waals surface area contributed by atoms with Gasteiger partial charge in [0.2, 0.25) is 0 Å². The summed E-state index contributed by atoms with van der Waals surface area (Å²) in [4.78, 5) is 1.59. The van der Waals surface area contributed by atoms with E-state index in [2.05, 4.69) is 29.8 Å². The lowest BCUT2D eigenvalue weighted by atomic mass is 10.2. The van der Waals surface area contributed by atoms with E-state index >= 15 is 0 Å². The topological polar surface area (TPSA) is 12.0 Å². The van der Waals surface area contributed by atoms with Crippen LogP contribution in [0.5, 0.6) is 0 Å². The molecule has 1 N–H and O–H groups in total. The summed E-state index contributed by atoms with van der Waals surface area (Å²) in [5.41, 5.74) is 0. The van der Waals surface area contributed by atoms with Gasteiger partial charge in [-0.1, -0.05) is 13.0 Å². The van der Waals surface area contributed by atoms with Crippen molar-refractivity contribution >= 4 is 11.3 Å². The normalized spacial score (nSPS) is 26.2. The summed E-state index contributed by atoms with van der Waals surface area (Å²) in [7, 11) is 0. The van der Waals surface area contributed by atoms with Crippen LogP contribution in [-0.2, 0) is 0 Å². The largest absolute Gasteiger partial charge is 0.316 e. The Morgan fingerprint density at radius 1 is 1.62 bits per heavy atom. The van der Waals surface area contributed by atoms with Gasteiger partial charge in [-0.25, -0.2) is 0 Å². The van der Waals surface area contributed by atoms with Crippen LogP contribution in [0.15, 0.2) is 17.5 Å². The second kappa shape index (κ2) is 4.25. The Bertz CT molecular complexity index is 243. The van der Waals surface area contributed by atoms with Crippen LogP contribution in [-0.4, -0.2) is 13.1 Å². The molecule has 1 heterocycles. The summed E-state index contributed by atoms with van der Waals surface area (Å²) < 4.78 is 0. The minimum Gasteiger partial charge on any atom is -0.316 e. The maximum Gasteiger partial charge on any atom is 0.00795 e. The van der Waals surface area contributed by atoms with Crippen molar-refractivity contribution in [1.82, 2.24) is 5.32 Å². The molecule has 2 heteroatoms. The average Bonchev–Trinajstić information content (AvgIpc) is 2.72. The molecule has 0 spiro atoms. The molecule has 2 unspecified atom stereocenters. The van der Waals surface area contributed by atoms with Crippen LogP contribution in [0.1, 0.15) is 30.6 Å². The molecule has 0 aromatic carbocycles. The van der Waals surface area contributed by atoms with E-state index in [1.165, 1.54) is 25.9 Å². The molecule has 0 radical (unpaired) electrons. The highest BCUT2D eigenvalue weighted by molar-refractivity contribution is 7.10. The Morgan fingerprint density at radius 3 is 3.23 bits per heavy atom. The fourth-order valence-corrected chi connectivity index (χ4v) is 2.72. The molecular formula is C11H17NS. The lowest BCUT2D eigenvalue weighted by Gasteiger charge is -2.00. The number of nitrogens with one attached hydrogen (secondary N) is 1. The zero-order valence-electron chi connectivity index (χ0n) is 8.12. The summed E-state index contributed by atoms with van der Waals surface area (Å²) in [6.07, 6.45) is 2.65. The average molecular weight is 195 g/mol. The predicted octanol–water partition coefficient (Wildman–Crippen LogP) is 2.85. The fourth-order valence-electron chi connectivity index (χ4n) is 1.79. The van der Waals surface area contributed by atoms with E-state index < -0.39 is 0 Å². The van der Waals surface area contributed by atoms with Crippen LogP contribution in [0, 0.1) is 5.92 Å². The third-order valence-corrected chi connectivity index (χ3v) is 3.67. The molecule has 1 nitrogen and oxygen atoms in total. The summed E-state index contributed by atoms with van der Waals surface area (Å²) in [6, 6.07) is 4.43. The van der Waals surface area contributed by atoms with Crippen LogP contribution in [0.3, 0.4) is 0 Å². The van der Waals surface area contributed by atoms with Crippen LogP contribution in [0.2, 0.25) is 0 Å². The molecule has 1 fully saturated rings. The second-order valence-corrected chi connectivity index (χ2v) is 4.80. The van der Waals surface area contributed by atoms with E-state index in [4.69, 9.17) is 0 Å². The van der Waals surface area contributed by atoms with Crippen LogP contribution < -0.4 is 5.32 Å². The molecule has 1 aliphatic carbocycles. The van der Waals surface area contributed by atoms with Crippen LogP contribution >= 0.6 is 11.3 Å². The third kappa shape index (κ3) is 2.32. The van der Waals surface area contributed by atoms with Gasteiger partial charge in [0, 0.05) is 4.88 Å². The molecule has 72 valence electrons. The van der Waals surface area contributed by atoms with Gasteiger partial charge < -0.3 is 5.32 Å². The first-order chi connectivity index (χ1) is 6.42. The van der Waals surface area contributed by atoms with Crippen LogP contribution in [0.25, 0.3) is 0 Å². The van der Waals surface area contributed by atoms with Crippen molar-refractivity contribution in [2.45, 2.75) is 25.7 Å². The lowest BCUT2D eigenvalue weighted by molar-refractivity contribution is 0.621. The molecule has 2 atom stereocenters. The monoisotopic (exact) mass is 195 g/mol. The Labute approximate surface area is 84.2 Å². The van der Waals surface area contributed by atoms with Gasteiger partial charge in [-0.3, -0.25) is 0 Å². The molecule has 1 aromatic rings. The first kappa shape index (κ1) is 9.22. The van der Waals surface area contributed by atoms with Gasteiger partial charge in [-0.15, -0.1) is 11.3 Å². The Hall–Kier alpha value is -0.340. The molecule has 2 rings (SSSR count). The highest BCUT2D eigenvalue weighted by Crippen LogP contribution is 2.48. The van der Waals surface area contributed by atoms with Crippen molar-refractivity contribution in [2.75, 3.05) is 13.1 Å². The molecular weight excluding hydrogens is 178 g/mol. The molecule has 1 aliphatic rings. The zero-order chi connectivity index (χ0) is 9.10. The maximum atomic E-state index is 3.49. The third-order valence-electron chi connectivity index (χ3n) is 2.66. The first-order valence-electron chi connectivity index (χ1n) is 5.16. The summed E-state index contributed by atoms with van der Waals surface area (Å²) >= 11 is 1.91. The summed E-state index contributed by atoms with van der Waals surface area (Å²) in [5.74, 6) is 1.80. The Balaban J connectivity index is 1.71. The van der Waals surface area contributed by atoms with E-state index in [0.29, 0.717) is 0 Å². The highest BCUT2D eigenvalue weighted by Gasteiger charge is 2.38. The molecule has 13 heavy (non-hydrogen) atoms. The van der Waals surface area contributed by atoms with E-state index in [0.717, 1.165) is 11.8 Å². The second-order valence-electron chi connectivity index (χ2n) is 3.82. The molecule has 1 aromatic heterocycles. The highest BCUT2D eigenvalue weighted by atomic mass is 32.1. The van der Waals surface area contributed by atoms with Gasteiger partial charge in [-0.2, -0.15) is 0 Å². The summed E-state index contributed by atoms with van der Waals surface area (Å²) in [5, 5.41) is 5.68. The Kier molecular flexibility index (Phi) is 3.01. The van der Waals surface area contributed by atoms with Gasteiger partial charge in [-0.05, 0) is 49.2 Å². The maximum absolute atomic E-state index is 3.49. The fraction of sp³-hybridized carbons (Fsp3) is 0.636. The zero-order valence-corrected chi connectivity index (χ0v) is 8.94. The van der Waals surface area contributed by atoms with Gasteiger partial charge in [0.25, 0.3) is 0 Å². The van der Waals surface area contributed by atoms with E-state index in [1.807, 2.05) is 11.3 Å². The van der Waals surface area contributed by atoms with Gasteiger partial charge in [0.05, 0.1) is 0 Å². The number of hydrogen-bond acceptors (Lipinski definition) is 2. The van der Waals surface area contributed by atoms with Gasteiger partial charge >= 0.3 is 0 Å². The quantitative estimate of drug-likeness (QED) is 0.712. The molecule has 0 aliphatic heterocycles. The molecule has 1 saturated carbocycles. The standard InChI is InChI=1S/C11H17NS/c1-2-5-12-8-9-7-10(9)11-4-3-6-13-11/h3-4,6,9-10,12H,2,5,7-8H2,1H3. The first-order valence-corrected chi connectivity index (χ1v) is 6.04. The van der Waals surface area contributed by atoms with Crippen LogP contribution in [0.4, 0.5) is 0 Å². The minimum atomic E-state index is 0.879. The smallest absolute Gasteiger partial charge is 0.00795 e. The molecule has 0 amide bonds. The van der Waals surface area contributed by atoms with E-state index in [1.54, 1.807) is 4.88 Å². The lowest BCUT2D eigenvalue weighted by Crippen LogP contribution is -2.17. The SMILES string of the molecule is CCCNCC1CC1c1cccs1. The number of hydrogen-bond donors (Lipinski definition) is 1. The number of thiophene rings is 1. The Morgan fingerprint density at radius 2 is 2.54 bits per heavy atom. The number of rotatable bonds is 5. The summed E-state index contributed by atoms with van der Waals surface area (Å²) in [6.45, 7) is 4.61. The van der Waals surface area contributed by atoms with Gasteiger partial charge in [0.1, 0.15) is 0 Å². The predicted molar refractivity (Wildman–Crippen MR) is 58.3 cm³/mol. The van der Waals surface area contributed by atoms with Crippen molar-refractivity contribution in [3.8, 4) is 0 Å². The van der Waals surface area contributed by atoms with Crippen molar-refractivity contribution in [2.24, 2.45) is 5.92 Å².